The number of fused-ring (bicyclic) bond motifs is 1. The van der Waals surface area contributed by atoms with Gasteiger partial charge in [0.15, 0.2) is 11.5 Å². The SMILES string of the molecule is CC[C@H](C(=O)NC(C)C)N(Cc1ccc(F)cc1)C(=O)CN(c1ccc2c(c1)OCO2)S(=O)(=O)CC. The lowest BCUT2D eigenvalue weighted by molar-refractivity contribution is -0.140. The molecule has 0 saturated heterocycles. The van der Waals surface area contributed by atoms with Crippen molar-refractivity contribution in [2.75, 3.05) is 23.4 Å². The normalized spacial score (nSPS) is 13.4. The van der Waals surface area contributed by atoms with Gasteiger partial charge in [-0.25, -0.2) is 12.8 Å². The molecule has 1 N–H and O–H groups in total. The summed E-state index contributed by atoms with van der Waals surface area (Å²) in [6, 6.07) is 9.23. The molecule has 0 aliphatic carbocycles. The average molecular weight is 522 g/mol. The highest BCUT2D eigenvalue weighted by atomic mass is 32.2. The van der Waals surface area contributed by atoms with E-state index in [1.165, 1.54) is 42.2 Å². The van der Waals surface area contributed by atoms with Crippen LogP contribution in [0, 0.1) is 5.82 Å². The Labute approximate surface area is 211 Å². The highest BCUT2D eigenvalue weighted by Gasteiger charge is 2.33. The molecule has 0 bridgehead atoms. The average Bonchev–Trinajstić information content (AvgIpc) is 3.31. The second kappa shape index (κ2) is 11.6. The summed E-state index contributed by atoms with van der Waals surface area (Å²) in [6.07, 6.45) is 0.302. The number of halogens is 1. The fraction of sp³-hybridized carbons (Fsp3) is 0.440. The van der Waals surface area contributed by atoms with E-state index in [1.807, 2.05) is 13.8 Å². The number of hydrogen-bond donors (Lipinski definition) is 1. The van der Waals surface area contributed by atoms with Gasteiger partial charge in [-0.3, -0.25) is 13.9 Å². The smallest absolute Gasteiger partial charge is 0.244 e. The Hall–Kier alpha value is -3.34. The Morgan fingerprint density at radius 3 is 2.33 bits per heavy atom. The monoisotopic (exact) mass is 521 g/mol. The third-order valence-electron chi connectivity index (χ3n) is 5.71. The summed E-state index contributed by atoms with van der Waals surface area (Å²) in [5.41, 5.74) is 0.851. The van der Waals surface area contributed by atoms with Gasteiger partial charge in [0, 0.05) is 18.7 Å². The Bertz CT molecular complexity index is 1190. The number of carbonyl (C=O) groups is 2. The van der Waals surface area contributed by atoms with Crippen LogP contribution in [0.15, 0.2) is 42.5 Å². The summed E-state index contributed by atoms with van der Waals surface area (Å²) in [5, 5.41) is 2.82. The molecule has 0 spiro atoms. The Morgan fingerprint density at radius 2 is 1.72 bits per heavy atom. The van der Waals surface area contributed by atoms with E-state index in [-0.39, 0.29) is 36.7 Å². The molecule has 3 rings (SSSR count). The predicted molar refractivity (Wildman–Crippen MR) is 134 cm³/mol. The second-order valence-electron chi connectivity index (χ2n) is 8.68. The molecule has 0 radical (unpaired) electrons. The van der Waals surface area contributed by atoms with Crippen molar-refractivity contribution in [1.82, 2.24) is 10.2 Å². The number of carbonyl (C=O) groups excluding carboxylic acids is 2. The first-order valence-corrected chi connectivity index (χ1v) is 13.4. The van der Waals surface area contributed by atoms with Gasteiger partial charge < -0.3 is 19.7 Å². The largest absolute Gasteiger partial charge is 0.454 e. The van der Waals surface area contributed by atoms with Gasteiger partial charge >= 0.3 is 0 Å². The first-order chi connectivity index (χ1) is 17.1. The van der Waals surface area contributed by atoms with E-state index in [0.29, 0.717) is 23.5 Å². The number of amides is 2. The number of nitrogens with one attached hydrogen (secondary N) is 1. The van der Waals surface area contributed by atoms with Gasteiger partial charge in [-0.15, -0.1) is 0 Å². The molecule has 2 aromatic rings. The summed E-state index contributed by atoms with van der Waals surface area (Å²) >= 11 is 0. The van der Waals surface area contributed by atoms with Crippen molar-refractivity contribution in [2.24, 2.45) is 0 Å². The van der Waals surface area contributed by atoms with Crippen LogP contribution in [0.25, 0.3) is 0 Å². The molecule has 36 heavy (non-hydrogen) atoms. The molecule has 1 atom stereocenters. The van der Waals surface area contributed by atoms with Gasteiger partial charge in [-0.1, -0.05) is 19.1 Å². The standard InChI is InChI=1S/C25H32FN3O6S/c1-5-21(25(31)27-17(3)4)28(14-18-7-9-19(26)10-8-18)24(30)15-29(36(32,33)6-2)20-11-12-22-23(13-20)35-16-34-22/h7-13,17,21H,5-6,14-16H2,1-4H3,(H,27,31)/t21-/m1/s1. The Kier molecular flexibility index (Phi) is 8.78. The van der Waals surface area contributed by atoms with Crippen LogP contribution < -0.4 is 19.1 Å². The summed E-state index contributed by atoms with van der Waals surface area (Å²) < 4.78 is 51.2. The second-order valence-corrected chi connectivity index (χ2v) is 10.9. The maximum Gasteiger partial charge on any atom is 0.244 e. The van der Waals surface area contributed by atoms with Gasteiger partial charge in [0.1, 0.15) is 18.4 Å². The summed E-state index contributed by atoms with van der Waals surface area (Å²) in [5.74, 6) is -0.729. The quantitative estimate of drug-likeness (QED) is 0.487. The zero-order valence-electron chi connectivity index (χ0n) is 20.9. The molecule has 9 nitrogen and oxygen atoms in total. The van der Waals surface area contributed by atoms with Crippen molar-refractivity contribution in [1.29, 1.82) is 0 Å². The highest BCUT2D eigenvalue weighted by Crippen LogP contribution is 2.36. The predicted octanol–water partition coefficient (Wildman–Crippen LogP) is 3.04. The molecule has 0 saturated carbocycles. The van der Waals surface area contributed by atoms with Crippen LogP contribution in [-0.2, 0) is 26.2 Å². The third-order valence-corrected chi connectivity index (χ3v) is 7.45. The molecule has 196 valence electrons. The molecular weight excluding hydrogens is 489 g/mol. The van der Waals surface area contributed by atoms with Crippen LogP contribution in [0.3, 0.4) is 0 Å². The first-order valence-electron chi connectivity index (χ1n) is 11.8. The lowest BCUT2D eigenvalue weighted by Gasteiger charge is -2.33. The highest BCUT2D eigenvalue weighted by molar-refractivity contribution is 7.92. The van der Waals surface area contributed by atoms with E-state index in [4.69, 9.17) is 9.47 Å². The minimum Gasteiger partial charge on any atom is -0.454 e. The summed E-state index contributed by atoms with van der Waals surface area (Å²) in [7, 11) is -3.87. The molecule has 2 aromatic carbocycles. The molecule has 1 aliphatic rings. The van der Waals surface area contributed by atoms with Crippen LogP contribution in [0.2, 0.25) is 0 Å². The first kappa shape index (κ1) is 27.3. The van der Waals surface area contributed by atoms with E-state index in [0.717, 1.165) is 4.31 Å². The fourth-order valence-corrected chi connectivity index (χ4v) is 4.90. The van der Waals surface area contributed by atoms with E-state index in [1.54, 1.807) is 19.1 Å². The number of hydrogen-bond acceptors (Lipinski definition) is 6. The number of benzene rings is 2. The summed E-state index contributed by atoms with van der Waals surface area (Å²) in [4.78, 5) is 28.0. The molecule has 0 aromatic heterocycles. The van der Waals surface area contributed by atoms with Crippen LogP contribution >= 0.6 is 0 Å². The number of rotatable bonds is 11. The van der Waals surface area contributed by atoms with E-state index in [9.17, 15) is 22.4 Å². The lowest BCUT2D eigenvalue weighted by atomic mass is 10.1. The maximum absolute atomic E-state index is 13.7. The molecule has 0 fully saturated rings. The molecule has 2 amide bonds. The zero-order chi connectivity index (χ0) is 26.5. The van der Waals surface area contributed by atoms with E-state index < -0.39 is 34.3 Å². The molecule has 0 unspecified atom stereocenters. The topological polar surface area (TPSA) is 105 Å². The fourth-order valence-electron chi connectivity index (χ4n) is 3.85. The number of anilines is 1. The van der Waals surface area contributed by atoms with Crippen LogP contribution in [0.5, 0.6) is 11.5 Å². The van der Waals surface area contributed by atoms with Gasteiger partial charge in [-0.05, 0) is 57.0 Å². The third kappa shape index (κ3) is 6.45. The Balaban J connectivity index is 1.97. The van der Waals surface area contributed by atoms with Gasteiger partial charge in [0.05, 0.1) is 11.4 Å². The maximum atomic E-state index is 13.7. The number of sulfonamides is 1. The minimum atomic E-state index is -3.87. The van der Waals surface area contributed by atoms with Crippen molar-refractivity contribution in [3.63, 3.8) is 0 Å². The lowest BCUT2D eigenvalue weighted by Crippen LogP contribution is -2.53. The van der Waals surface area contributed by atoms with Crippen LogP contribution in [0.4, 0.5) is 10.1 Å². The minimum absolute atomic E-state index is 0.00425. The van der Waals surface area contributed by atoms with Crippen molar-refractivity contribution in [3.8, 4) is 11.5 Å². The molecule has 1 aliphatic heterocycles. The summed E-state index contributed by atoms with van der Waals surface area (Å²) in [6.45, 7) is 6.38. The molecule has 11 heteroatoms. The van der Waals surface area contributed by atoms with E-state index >= 15 is 0 Å². The molecular formula is C25H32FN3O6S. The zero-order valence-corrected chi connectivity index (χ0v) is 21.7. The molecule has 1 heterocycles. The van der Waals surface area contributed by atoms with Crippen molar-refractivity contribution in [2.45, 2.75) is 52.7 Å². The van der Waals surface area contributed by atoms with Crippen molar-refractivity contribution >= 4 is 27.5 Å². The number of nitrogens with zero attached hydrogens (tertiary/aromatic N) is 2. The van der Waals surface area contributed by atoms with Gasteiger partial charge in [0.2, 0.25) is 28.6 Å². The van der Waals surface area contributed by atoms with Gasteiger partial charge in [-0.2, -0.15) is 0 Å². The Morgan fingerprint density at radius 1 is 1.06 bits per heavy atom. The number of ether oxygens (including phenoxy) is 2. The van der Waals surface area contributed by atoms with Crippen molar-refractivity contribution in [3.05, 3.63) is 53.8 Å². The van der Waals surface area contributed by atoms with E-state index in [2.05, 4.69) is 5.32 Å². The van der Waals surface area contributed by atoms with Gasteiger partial charge in [0.25, 0.3) is 0 Å². The van der Waals surface area contributed by atoms with Crippen molar-refractivity contribution < 1.29 is 31.9 Å². The van der Waals surface area contributed by atoms with Crippen LogP contribution in [0.1, 0.15) is 39.7 Å². The van der Waals surface area contributed by atoms with Crippen LogP contribution in [-0.4, -0.2) is 56.3 Å².